The van der Waals surface area contributed by atoms with Gasteiger partial charge >= 0.3 is 5.97 Å². The molecule has 140 valence electrons. The van der Waals surface area contributed by atoms with Crippen LogP contribution in [0.4, 0.5) is 11.5 Å². The van der Waals surface area contributed by atoms with E-state index in [4.69, 9.17) is 11.6 Å². The van der Waals surface area contributed by atoms with Crippen molar-refractivity contribution in [2.45, 2.75) is 13.3 Å². The predicted molar refractivity (Wildman–Crippen MR) is 114 cm³/mol. The second-order valence-electron chi connectivity index (χ2n) is 6.23. The maximum Gasteiger partial charge on any atom is 0.337 e. The van der Waals surface area contributed by atoms with E-state index in [9.17, 15) is 9.90 Å². The molecular formula is C21H16ClN3O2S. The minimum atomic E-state index is -1.08. The van der Waals surface area contributed by atoms with Gasteiger partial charge in [0.05, 0.1) is 16.0 Å². The zero-order valence-corrected chi connectivity index (χ0v) is 16.5. The summed E-state index contributed by atoms with van der Waals surface area (Å²) >= 11 is 7.52. The minimum absolute atomic E-state index is 0.0395. The van der Waals surface area contributed by atoms with Gasteiger partial charge < -0.3 is 10.4 Å². The molecule has 2 aromatic carbocycles. The van der Waals surface area contributed by atoms with Crippen LogP contribution in [0.3, 0.4) is 0 Å². The van der Waals surface area contributed by atoms with Gasteiger partial charge in [-0.15, -0.1) is 11.3 Å². The lowest BCUT2D eigenvalue weighted by atomic mass is 10.0. The van der Waals surface area contributed by atoms with Crippen LogP contribution in [0.25, 0.3) is 21.3 Å². The highest BCUT2D eigenvalue weighted by Crippen LogP contribution is 2.37. The molecule has 2 aromatic heterocycles. The zero-order chi connectivity index (χ0) is 19.7. The van der Waals surface area contributed by atoms with Gasteiger partial charge in [0.15, 0.2) is 0 Å². The lowest BCUT2D eigenvalue weighted by Gasteiger charge is -2.10. The first kappa shape index (κ1) is 18.4. The average Bonchev–Trinajstić information content (AvgIpc) is 3.14. The first-order valence-electron chi connectivity index (χ1n) is 8.68. The van der Waals surface area contributed by atoms with E-state index in [0.717, 1.165) is 27.8 Å². The van der Waals surface area contributed by atoms with E-state index in [-0.39, 0.29) is 10.6 Å². The summed E-state index contributed by atoms with van der Waals surface area (Å²) in [5.74, 6) is -0.451. The Labute approximate surface area is 170 Å². The first-order valence-corrected chi connectivity index (χ1v) is 9.94. The molecule has 0 atom stereocenters. The van der Waals surface area contributed by atoms with Gasteiger partial charge in [-0.05, 0) is 35.7 Å². The Bertz CT molecular complexity index is 1170. The van der Waals surface area contributed by atoms with Crippen molar-refractivity contribution in [1.82, 2.24) is 9.97 Å². The molecule has 2 heterocycles. The molecule has 0 radical (unpaired) electrons. The normalized spacial score (nSPS) is 10.9. The highest BCUT2D eigenvalue weighted by molar-refractivity contribution is 7.17. The van der Waals surface area contributed by atoms with Crippen LogP contribution in [-0.2, 0) is 6.42 Å². The third-order valence-corrected chi connectivity index (χ3v) is 5.72. The molecule has 28 heavy (non-hydrogen) atoms. The monoisotopic (exact) mass is 409 g/mol. The van der Waals surface area contributed by atoms with E-state index in [1.807, 2.05) is 0 Å². The van der Waals surface area contributed by atoms with Crippen molar-refractivity contribution in [3.05, 3.63) is 70.3 Å². The topological polar surface area (TPSA) is 75.1 Å². The summed E-state index contributed by atoms with van der Waals surface area (Å²) in [6.45, 7) is 2.13. The molecule has 4 rings (SSSR count). The molecule has 0 aliphatic rings. The maximum absolute atomic E-state index is 11.4. The number of hydrogen-bond donors (Lipinski definition) is 2. The number of benzene rings is 2. The summed E-state index contributed by atoms with van der Waals surface area (Å²) in [7, 11) is 0. The average molecular weight is 410 g/mol. The van der Waals surface area contributed by atoms with Crippen molar-refractivity contribution in [3.8, 4) is 11.1 Å². The Morgan fingerprint density at radius 3 is 2.68 bits per heavy atom. The van der Waals surface area contributed by atoms with Crippen LogP contribution in [-0.4, -0.2) is 21.0 Å². The fourth-order valence-corrected chi connectivity index (χ4v) is 4.12. The molecule has 0 amide bonds. The molecule has 0 bridgehead atoms. The Hall–Kier alpha value is -2.96. The summed E-state index contributed by atoms with van der Waals surface area (Å²) in [4.78, 5) is 21.0. The van der Waals surface area contributed by atoms with Crippen molar-refractivity contribution in [3.63, 3.8) is 0 Å². The molecule has 0 aliphatic carbocycles. The number of carbonyl (C=O) groups is 1. The summed E-state index contributed by atoms with van der Waals surface area (Å²) in [5.41, 5.74) is 4.04. The Balaban J connectivity index is 1.79. The second-order valence-corrected chi connectivity index (χ2v) is 7.49. The largest absolute Gasteiger partial charge is 0.478 e. The standard InChI is InChI=1S/C21H16ClN3O2S/c1-2-12-3-5-13(6-4-12)16-10-28-20-18(16)19(23-11-24-20)25-14-7-8-17(22)15(9-14)21(26)27/h3-11H,2H2,1H3,(H,26,27)(H,23,24,25). The molecule has 2 N–H and O–H groups in total. The third-order valence-electron chi connectivity index (χ3n) is 4.50. The lowest BCUT2D eigenvalue weighted by Crippen LogP contribution is -2.00. The summed E-state index contributed by atoms with van der Waals surface area (Å²) in [6, 6.07) is 13.2. The number of nitrogens with one attached hydrogen (secondary N) is 1. The molecule has 0 saturated carbocycles. The maximum atomic E-state index is 11.4. The van der Waals surface area contributed by atoms with Gasteiger partial charge in [0.1, 0.15) is 17.0 Å². The fraction of sp³-hybridized carbons (Fsp3) is 0.0952. The predicted octanol–water partition coefficient (Wildman–Crippen LogP) is 6.02. The van der Waals surface area contributed by atoms with Crippen molar-refractivity contribution in [2.75, 3.05) is 5.32 Å². The van der Waals surface area contributed by atoms with Gasteiger partial charge in [-0.3, -0.25) is 0 Å². The number of anilines is 2. The van der Waals surface area contributed by atoms with Crippen molar-refractivity contribution in [2.24, 2.45) is 0 Å². The van der Waals surface area contributed by atoms with Crippen LogP contribution in [0.2, 0.25) is 5.02 Å². The van der Waals surface area contributed by atoms with E-state index >= 15 is 0 Å². The van der Waals surface area contributed by atoms with Gasteiger partial charge in [-0.25, -0.2) is 14.8 Å². The van der Waals surface area contributed by atoms with Gasteiger partial charge in [0, 0.05) is 16.6 Å². The minimum Gasteiger partial charge on any atom is -0.478 e. The van der Waals surface area contributed by atoms with Gasteiger partial charge in [0.25, 0.3) is 0 Å². The molecule has 0 fully saturated rings. The van der Waals surface area contributed by atoms with Crippen LogP contribution < -0.4 is 5.32 Å². The van der Waals surface area contributed by atoms with Gasteiger partial charge in [0.2, 0.25) is 0 Å². The van der Waals surface area contributed by atoms with Crippen molar-refractivity contribution >= 4 is 50.6 Å². The molecule has 0 saturated heterocycles. The number of carboxylic acids is 1. The number of rotatable bonds is 5. The fourth-order valence-electron chi connectivity index (χ4n) is 3.01. The molecule has 0 unspecified atom stereocenters. The van der Waals surface area contributed by atoms with Crippen LogP contribution in [0.15, 0.2) is 54.2 Å². The van der Waals surface area contributed by atoms with E-state index < -0.39 is 5.97 Å². The van der Waals surface area contributed by atoms with E-state index in [1.54, 1.807) is 23.5 Å². The third kappa shape index (κ3) is 3.44. The number of aromatic carboxylic acids is 1. The van der Waals surface area contributed by atoms with Crippen molar-refractivity contribution < 1.29 is 9.90 Å². The molecule has 7 heteroatoms. The number of halogens is 1. The van der Waals surface area contributed by atoms with Crippen molar-refractivity contribution in [1.29, 1.82) is 0 Å². The molecular weight excluding hydrogens is 394 g/mol. The quantitative estimate of drug-likeness (QED) is 0.421. The van der Waals surface area contributed by atoms with E-state index in [2.05, 4.69) is 51.9 Å². The van der Waals surface area contributed by atoms with Crippen LogP contribution >= 0.6 is 22.9 Å². The Morgan fingerprint density at radius 2 is 1.96 bits per heavy atom. The van der Waals surface area contributed by atoms with E-state index in [1.165, 1.54) is 18.0 Å². The van der Waals surface area contributed by atoms with Crippen LogP contribution in [0, 0.1) is 0 Å². The Kier molecular flexibility index (Phi) is 4.98. The zero-order valence-electron chi connectivity index (χ0n) is 14.9. The van der Waals surface area contributed by atoms with E-state index in [0.29, 0.717) is 11.5 Å². The van der Waals surface area contributed by atoms with Gasteiger partial charge in [-0.2, -0.15) is 0 Å². The smallest absolute Gasteiger partial charge is 0.337 e. The summed E-state index contributed by atoms with van der Waals surface area (Å²) in [6.07, 6.45) is 2.49. The summed E-state index contributed by atoms with van der Waals surface area (Å²) in [5, 5.41) is 15.7. The van der Waals surface area contributed by atoms with Crippen LogP contribution in [0.5, 0.6) is 0 Å². The molecule has 5 nitrogen and oxygen atoms in total. The number of nitrogens with zero attached hydrogens (tertiary/aromatic N) is 2. The highest BCUT2D eigenvalue weighted by atomic mass is 35.5. The lowest BCUT2D eigenvalue weighted by molar-refractivity contribution is 0.0697. The second kappa shape index (κ2) is 7.58. The number of carboxylic acid groups (broad SMARTS) is 1. The SMILES string of the molecule is CCc1ccc(-c2csc3ncnc(Nc4ccc(Cl)c(C(=O)O)c4)c23)cc1. The molecule has 0 aliphatic heterocycles. The number of aryl methyl sites for hydroxylation is 1. The number of thiophene rings is 1. The van der Waals surface area contributed by atoms with Crippen LogP contribution in [0.1, 0.15) is 22.8 Å². The molecule has 4 aromatic rings. The highest BCUT2D eigenvalue weighted by Gasteiger charge is 2.15. The Morgan fingerprint density at radius 1 is 1.18 bits per heavy atom. The number of hydrogen-bond acceptors (Lipinski definition) is 5. The number of fused-ring (bicyclic) bond motifs is 1. The first-order chi connectivity index (χ1) is 13.6. The molecule has 0 spiro atoms. The van der Waals surface area contributed by atoms with Gasteiger partial charge in [-0.1, -0.05) is 42.8 Å². The summed E-state index contributed by atoms with van der Waals surface area (Å²) < 4.78 is 0. The number of aromatic nitrogens is 2.